The van der Waals surface area contributed by atoms with Gasteiger partial charge in [0, 0.05) is 14.7 Å². The van der Waals surface area contributed by atoms with E-state index in [1.807, 2.05) is 12.1 Å². The minimum atomic E-state index is -2.43. The van der Waals surface area contributed by atoms with Gasteiger partial charge in [-0.15, -0.1) is 11.3 Å². The highest BCUT2D eigenvalue weighted by atomic mass is 33.1. The topological polar surface area (TPSA) is 125 Å². The highest BCUT2D eigenvalue weighted by molar-refractivity contribution is 8.91. The van der Waals surface area contributed by atoms with Crippen LogP contribution in [0.25, 0.3) is 0 Å². The molecule has 1 aromatic carbocycles. The summed E-state index contributed by atoms with van der Waals surface area (Å²) in [5.74, 6) is -1.49. The molecule has 1 aliphatic heterocycles. The van der Waals surface area contributed by atoms with E-state index in [-0.39, 0.29) is 16.5 Å². The van der Waals surface area contributed by atoms with Crippen LogP contribution in [0, 0.1) is 0 Å². The predicted octanol–water partition coefficient (Wildman–Crippen LogP) is 4.41. The Balaban J connectivity index is 1.88. The van der Waals surface area contributed by atoms with Crippen molar-refractivity contribution in [2.75, 3.05) is 5.73 Å². The lowest BCUT2D eigenvalue weighted by Crippen LogP contribution is -2.40. The number of hydrogen-bond acceptors (Lipinski definition) is 11. The molecule has 1 unspecified atom stereocenters. The lowest BCUT2D eigenvalue weighted by atomic mass is 10.1. The van der Waals surface area contributed by atoms with E-state index in [4.69, 9.17) is 19.5 Å². The summed E-state index contributed by atoms with van der Waals surface area (Å²) >= 11 is 5.72. The van der Waals surface area contributed by atoms with Crippen LogP contribution in [0.5, 0.6) is 0 Å². The third-order valence-electron chi connectivity index (χ3n) is 3.93. The monoisotopic (exact) mass is 496 g/mol. The SMILES string of the molecule is CC(C)(C)OC(=O)C(C)(C)O/N=C(/C(=O)OS1(S)C=Nc2ccccc21)c1csc(N)n1. The van der Waals surface area contributed by atoms with Gasteiger partial charge in [-0.3, -0.25) is 0 Å². The maximum absolute atomic E-state index is 13.1. The van der Waals surface area contributed by atoms with Crippen molar-refractivity contribution in [3.63, 3.8) is 0 Å². The Morgan fingerprint density at radius 1 is 1.19 bits per heavy atom. The molecule has 1 atom stereocenters. The van der Waals surface area contributed by atoms with Gasteiger partial charge < -0.3 is 19.5 Å². The maximum Gasteiger partial charge on any atom is 0.374 e. The molecule has 0 saturated carbocycles. The Hall–Kier alpha value is -2.57. The second-order valence-corrected chi connectivity index (χ2v) is 12.7. The number of hydrogen-bond donors (Lipinski definition) is 2. The van der Waals surface area contributed by atoms with Crippen LogP contribution < -0.4 is 5.73 Å². The number of benzene rings is 1. The fraction of sp³-hybridized carbons (Fsp3) is 0.350. The number of nitrogens with two attached hydrogens (primary N) is 1. The minimum absolute atomic E-state index is 0.150. The van der Waals surface area contributed by atoms with Crippen LogP contribution in [0.1, 0.15) is 40.3 Å². The molecule has 1 aromatic heterocycles. The number of thiazole rings is 1. The quantitative estimate of drug-likeness (QED) is 0.199. The molecule has 172 valence electrons. The number of anilines is 1. The van der Waals surface area contributed by atoms with Gasteiger partial charge in [0.05, 0.1) is 16.1 Å². The van der Waals surface area contributed by atoms with E-state index >= 15 is 0 Å². The van der Waals surface area contributed by atoms with Gasteiger partial charge in [-0.05, 0) is 46.8 Å². The molecule has 2 N–H and O–H groups in total. The third-order valence-corrected chi connectivity index (χ3v) is 7.47. The molecule has 0 amide bonds. The molecule has 0 fully saturated rings. The average molecular weight is 497 g/mol. The van der Waals surface area contributed by atoms with Crippen molar-refractivity contribution in [3.05, 3.63) is 35.3 Å². The maximum atomic E-state index is 13.1. The molecular formula is C20H24N4O5S3. The van der Waals surface area contributed by atoms with Crippen molar-refractivity contribution >= 4 is 66.4 Å². The van der Waals surface area contributed by atoms with Crippen molar-refractivity contribution in [1.82, 2.24) is 4.98 Å². The lowest BCUT2D eigenvalue weighted by molar-refractivity contribution is -0.179. The molecule has 12 heteroatoms. The molecule has 0 radical (unpaired) electrons. The summed E-state index contributed by atoms with van der Waals surface area (Å²) in [7, 11) is -2.43. The minimum Gasteiger partial charge on any atom is -0.457 e. The number of thiol groups is 1. The molecule has 0 saturated heterocycles. The van der Waals surface area contributed by atoms with Crippen molar-refractivity contribution in [3.8, 4) is 0 Å². The summed E-state index contributed by atoms with van der Waals surface area (Å²) in [4.78, 5) is 40.1. The van der Waals surface area contributed by atoms with Crippen molar-refractivity contribution in [2.24, 2.45) is 10.1 Å². The van der Waals surface area contributed by atoms with Crippen LogP contribution in [-0.4, -0.2) is 39.4 Å². The molecule has 0 aliphatic carbocycles. The largest absolute Gasteiger partial charge is 0.457 e. The molecule has 1 aliphatic rings. The number of ether oxygens (including phenoxy) is 1. The zero-order valence-electron chi connectivity index (χ0n) is 18.2. The Morgan fingerprint density at radius 3 is 2.50 bits per heavy atom. The van der Waals surface area contributed by atoms with Crippen LogP contribution in [-0.2, 0) is 23.3 Å². The first-order chi connectivity index (χ1) is 14.8. The third kappa shape index (κ3) is 5.43. The first kappa shape index (κ1) is 24.1. The van der Waals surface area contributed by atoms with Gasteiger partial charge in [-0.1, -0.05) is 28.9 Å². The van der Waals surface area contributed by atoms with Crippen LogP contribution >= 0.6 is 32.3 Å². The van der Waals surface area contributed by atoms with E-state index in [0.29, 0.717) is 10.6 Å². The summed E-state index contributed by atoms with van der Waals surface area (Å²) in [5, 5.41) is 5.69. The van der Waals surface area contributed by atoms with Gasteiger partial charge in [0.25, 0.3) is 0 Å². The van der Waals surface area contributed by atoms with E-state index in [1.165, 1.54) is 24.8 Å². The zero-order chi connectivity index (χ0) is 23.7. The lowest BCUT2D eigenvalue weighted by Gasteiger charge is -2.27. The normalized spacial score (nSPS) is 20.2. The molecule has 0 bridgehead atoms. The van der Waals surface area contributed by atoms with E-state index in [1.54, 1.807) is 32.9 Å². The molecule has 2 aromatic rings. The predicted molar refractivity (Wildman–Crippen MR) is 130 cm³/mol. The van der Waals surface area contributed by atoms with Crippen LogP contribution in [0.4, 0.5) is 10.8 Å². The smallest absolute Gasteiger partial charge is 0.374 e. The average Bonchev–Trinajstić information content (AvgIpc) is 3.25. The number of aromatic nitrogens is 1. The number of fused-ring (bicyclic) bond motifs is 1. The van der Waals surface area contributed by atoms with Crippen LogP contribution in [0.3, 0.4) is 0 Å². The Labute approximate surface area is 196 Å². The van der Waals surface area contributed by atoms with Crippen molar-refractivity contribution < 1.29 is 23.3 Å². The molecule has 9 nitrogen and oxygen atoms in total. The molecular weight excluding hydrogens is 472 g/mol. The van der Waals surface area contributed by atoms with E-state index in [9.17, 15) is 9.59 Å². The first-order valence-corrected chi connectivity index (χ1v) is 13.0. The number of para-hydroxylation sites is 1. The van der Waals surface area contributed by atoms with Gasteiger partial charge in [0.2, 0.25) is 11.3 Å². The molecule has 3 rings (SSSR count). The summed E-state index contributed by atoms with van der Waals surface area (Å²) in [5.41, 5.74) is 5.59. The number of aliphatic imine (C=N–C) groups is 1. The Morgan fingerprint density at radius 2 is 1.88 bits per heavy atom. The first-order valence-electron chi connectivity index (χ1n) is 9.44. The fourth-order valence-corrected chi connectivity index (χ4v) is 5.26. The number of rotatable bonds is 6. The number of carbonyl (C=O) groups is 2. The Bertz CT molecular complexity index is 1110. The molecule has 32 heavy (non-hydrogen) atoms. The molecule has 0 spiro atoms. The van der Waals surface area contributed by atoms with E-state index in [0.717, 1.165) is 11.3 Å². The summed E-state index contributed by atoms with van der Waals surface area (Å²) in [6.07, 6.45) is 0. The zero-order valence-corrected chi connectivity index (χ0v) is 20.7. The van der Waals surface area contributed by atoms with Gasteiger partial charge in [-0.2, -0.15) is 0 Å². The fourth-order valence-electron chi connectivity index (χ4n) is 2.40. The van der Waals surface area contributed by atoms with Crippen molar-refractivity contribution in [2.45, 2.75) is 50.7 Å². The van der Waals surface area contributed by atoms with Gasteiger partial charge in [0.15, 0.2) is 5.13 Å². The van der Waals surface area contributed by atoms with Gasteiger partial charge >= 0.3 is 11.9 Å². The van der Waals surface area contributed by atoms with Crippen LogP contribution in [0.2, 0.25) is 0 Å². The van der Waals surface area contributed by atoms with E-state index in [2.05, 4.69) is 26.8 Å². The van der Waals surface area contributed by atoms with Gasteiger partial charge in [-0.25, -0.2) is 19.6 Å². The summed E-state index contributed by atoms with van der Waals surface area (Å²) in [6, 6.07) is 7.22. The second-order valence-electron chi connectivity index (χ2n) is 8.26. The number of nitrogens with zero attached hydrogens (tertiary/aromatic N) is 3. The number of esters is 1. The summed E-state index contributed by atoms with van der Waals surface area (Å²) < 4.78 is 11.1. The standard InChI is InChI=1S/C20H24N4O5S3/c1-19(2,3)27-17(26)20(4,5)29-24-15(13-10-31-18(21)23-13)16(25)28-32(30)11-22-12-8-6-7-9-14(12)32/h6-11,30H,1-5H3,(H2,21,23)/b24-15+. The second kappa shape index (κ2) is 8.75. The number of carbonyl (C=O) groups excluding carboxylic acids is 2. The highest BCUT2D eigenvalue weighted by Gasteiger charge is 2.38. The Kier molecular flexibility index (Phi) is 6.59. The van der Waals surface area contributed by atoms with Gasteiger partial charge in [0.1, 0.15) is 11.3 Å². The molecule has 2 heterocycles. The van der Waals surface area contributed by atoms with E-state index < -0.39 is 32.5 Å². The number of nitrogen functional groups attached to an aromatic ring is 1. The van der Waals surface area contributed by atoms with Crippen molar-refractivity contribution in [1.29, 1.82) is 0 Å². The summed E-state index contributed by atoms with van der Waals surface area (Å²) in [6.45, 7) is 8.17. The number of oxime groups is 1. The van der Waals surface area contributed by atoms with Crippen LogP contribution in [0.15, 0.2) is 44.7 Å². The highest BCUT2D eigenvalue weighted by Crippen LogP contribution is 2.65.